The zero-order valence-corrected chi connectivity index (χ0v) is 8.84. The van der Waals surface area contributed by atoms with Crippen molar-refractivity contribution in [2.75, 3.05) is 7.11 Å². The van der Waals surface area contributed by atoms with Gasteiger partial charge in [0, 0.05) is 11.1 Å². The summed E-state index contributed by atoms with van der Waals surface area (Å²) in [5.41, 5.74) is 7.04. The Kier molecular flexibility index (Phi) is 2.37. The third kappa shape index (κ3) is 1.99. The van der Waals surface area contributed by atoms with Gasteiger partial charge >= 0.3 is 0 Å². The van der Waals surface area contributed by atoms with Crippen LogP contribution in [-0.2, 0) is 6.42 Å². The minimum atomic E-state index is -0.0250. The van der Waals surface area contributed by atoms with Crippen molar-refractivity contribution in [2.45, 2.75) is 24.8 Å². The van der Waals surface area contributed by atoms with Gasteiger partial charge in [-0.2, -0.15) is 0 Å². The van der Waals surface area contributed by atoms with E-state index in [1.54, 1.807) is 13.2 Å². The lowest BCUT2D eigenvalue weighted by molar-refractivity contribution is 0.390. The molecule has 0 aliphatic heterocycles. The fraction of sp³-hybridized carbons (Fsp3) is 0.500. The number of hydrogen-bond donors (Lipinski definition) is 1. The molecule has 4 heteroatoms. The number of rotatable bonds is 3. The molecule has 2 rings (SSSR count). The molecule has 76 valence electrons. The van der Waals surface area contributed by atoms with Crippen LogP contribution in [0.2, 0.25) is 5.15 Å². The number of nitrogens with zero attached hydrogens (tertiary/aromatic N) is 1. The van der Waals surface area contributed by atoms with Gasteiger partial charge in [0.05, 0.1) is 7.11 Å². The van der Waals surface area contributed by atoms with Crippen LogP contribution in [-0.4, -0.2) is 17.6 Å². The van der Waals surface area contributed by atoms with Gasteiger partial charge in [0.2, 0.25) is 5.88 Å². The van der Waals surface area contributed by atoms with Crippen LogP contribution in [0.5, 0.6) is 5.88 Å². The van der Waals surface area contributed by atoms with Crippen LogP contribution in [0.25, 0.3) is 0 Å². The van der Waals surface area contributed by atoms with Crippen molar-refractivity contribution in [1.82, 2.24) is 4.98 Å². The first-order valence-electron chi connectivity index (χ1n) is 4.61. The highest BCUT2D eigenvalue weighted by Crippen LogP contribution is 2.37. The first-order valence-corrected chi connectivity index (χ1v) is 4.99. The lowest BCUT2D eigenvalue weighted by atomic mass is 10.1. The Bertz CT molecular complexity index is 350. The SMILES string of the molecule is COc1nc(Cl)ccc1CC1(N)CC1. The third-order valence-electron chi connectivity index (χ3n) is 2.53. The molecule has 1 heterocycles. The average molecular weight is 213 g/mol. The zero-order chi connectivity index (χ0) is 10.2. The Hall–Kier alpha value is -0.800. The summed E-state index contributed by atoms with van der Waals surface area (Å²) in [7, 11) is 1.60. The number of ether oxygens (including phenoxy) is 1. The standard InChI is InChI=1S/C10H13ClN2O/c1-14-9-7(2-3-8(11)13-9)6-10(12)4-5-10/h2-3H,4-6,12H2,1H3. The summed E-state index contributed by atoms with van der Waals surface area (Å²) in [6.07, 6.45) is 2.98. The second-order valence-electron chi connectivity index (χ2n) is 3.84. The lowest BCUT2D eigenvalue weighted by Crippen LogP contribution is -2.24. The van der Waals surface area contributed by atoms with Crippen molar-refractivity contribution >= 4 is 11.6 Å². The predicted octanol–water partition coefficient (Wildman–Crippen LogP) is 1.78. The molecule has 0 saturated heterocycles. The zero-order valence-electron chi connectivity index (χ0n) is 8.09. The summed E-state index contributed by atoms with van der Waals surface area (Å²) in [5, 5.41) is 0.451. The van der Waals surface area contributed by atoms with Gasteiger partial charge in [0.1, 0.15) is 5.15 Å². The molecule has 0 aromatic carbocycles. The van der Waals surface area contributed by atoms with E-state index in [2.05, 4.69) is 4.98 Å². The molecule has 0 unspecified atom stereocenters. The monoisotopic (exact) mass is 212 g/mol. The average Bonchev–Trinajstić information content (AvgIpc) is 2.87. The molecule has 1 aliphatic carbocycles. The molecule has 0 radical (unpaired) electrons. The number of hydrogen-bond acceptors (Lipinski definition) is 3. The highest BCUT2D eigenvalue weighted by molar-refractivity contribution is 6.29. The fourth-order valence-electron chi connectivity index (χ4n) is 1.47. The van der Waals surface area contributed by atoms with Gasteiger partial charge < -0.3 is 10.5 Å². The van der Waals surface area contributed by atoms with Crippen molar-refractivity contribution in [3.8, 4) is 5.88 Å². The number of halogens is 1. The van der Waals surface area contributed by atoms with Crippen molar-refractivity contribution in [2.24, 2.45) is 5.73 Å². The van der Waals surface area contributed by atoms with Gasteiger partial charge in [-0.25, -0.2) is 4.98 Å². The lowest BCUT2D eigenvalue weighted by Gasteiger charge is -2.11. The molecule has 1 aliphatic rings. The van der Waals surface area contributed by atoms with Crippen LogP contribution >= 0.6 is 11.6 Å². The highest BCUT2D eigenvalue weighted by Gasteiger charge is 2.38. The number of nitrogens with two attached hydrogens (primary N) is 1. The van der Waals surface area contributed by atoms with E-state index >= 15 is 0 Å². The second kappa shape index (κ2) is 3.41. The molecule has 0 amide bonds. The first-order chi connectivity index (χ1) is 6.63. The molecule has 1 aromatic rings. The van der Waals surface area contributed by atoms with E-state index in [1.165, 1.54) is 0 Å². The van der Waals surface area contributed by atoms with Crippen LogP contribution in [0.1, 0.15) is 18.4 Å². The summed E-state index contributed by atoms with van der Waals surface area (Å²) in [5.74, 6) is 0.592. The molecule has 1 saturated carbocycles. The van der Waals surface area contributed by atoms with E-state index in [-0.39, 0.29) is 5.54 Å². The fourth-order valence-corrected chi connectivity index (χ4v) is 1.61. The van der Waals surface area contributed by atoms with E-state index in [0.717, 1.165) is 24.8 Å². The van der Waals surface area contributed by atoms with Gasteiger partial charge in [-0.3, -0.25) is 0 Å². The van der Waals surface area contributed by atoms with Crippen LogP contribution in [0.4, 0.5) is 0 Å². The van der Waals surface area contributed by atoms with Crippen molar-refractivity contribution in [3.63, 3.8) is 0 Å². The molecule has 0 spiro atoms. The molecule has 2 N–H and O–H groups in total. The molecule has 14 heavy (non-hydrogen) atoms. The topological polar surface area (TPSA) is 48.1 Å². The van der Waals surface area contributed by atoms with Crippen LogP contribution in [0.3, 0.4) is 0 Å². The largest absolute Gasteiger partial charge is 0.481 e. The summed E-state index contributed by atoms with van der Waals surface area (Å²) in [4.78, 5) is 4.09. The Morgan fingerprint density at radius 2 is 2.29 bits per heavy atom. The van der Waals surface area contributed by atoms with Gasteiger partial charge in [-0.05, 0) is 25.3 Å². The predicted molar refractivity (Wildman–Crippen MR) is 55.7 cm³/mol. The Morgan fingerprint density at radius 1 is 1.57 bits per heavy atom. The Balaban J connectivity index is 2.23. The quantitative estimate of drug-likeness (QED) is 0.777. The smallest absolute Gasteiger partial charge is 0.217 e. The van der Waals surface area contributed by atoms with E-state index < -0.39 is 0 Å². The van der Waals surface area contributed by atoms with E-state index in [0.29, 0.717) is 11.0 Å². The van der Waals surface area contributed by atoms with E-state index in [4.69, 9.17) is 22.1 Å². The van der Waals surface area contributed by atoms with Gasteiger partial charge in [0.15, 0.2) is 0 Å². The van der Waals surface area contributed by atoms with E-state index in [1.807, 2.05) is 6.07 Å². The van der Waals surface area contributed by atoms with Gasteiger partial charge in [-0.15, -0.1) is 0 Å². The normalized spacial score (nSPS) is 17.9. The van der Waals surface area contributed by atoms with Gasteiger partial charge in [-0.1, -0.05) is 17.7 Å². The summed E-state index contributed by atoms with van der Waals surface area (Å²) < 4.78 is 5.15. The van der Waals surface area contributed by atoms with Crippen LogP contribution in [0.15, 0.2) is 12.1 Å². The second-order valence-corrected chi connectivity index (χ2v) is 4.23. The minimum Gasteiger partial charge on any atom is -0.481 e. The van der Waals surface area contributed by atoms with Crippen molar-refractivity contribution < 1.29 is 4.74 Å². The number of methoxy groups -OCH3 is 1. The first kappa shape index (κ1) is 9.74. The molecular weight excluding hydrogens is 200 g/mol. The van der Waals surface area contributed by atoms with Gasteiger partial charge in [0.25, 0.3) is 0 Å². The number of aromatic nitrogens is 1. The van der Waals surface area contributed by atoms with Crippen LogP contribution in [0, 0.1) is 0 Å². The summed E-state index contributed by atoms with van der Waals surface area (Å²) in [6, 6.07) is 3.70. The van der Waals surface area contributed by atoms with Crippen molar-refractivity contribution in [1.29, 1.82) is 0 Å². The summed E-state index contributed by atoms with van der Waals surface area (Å²) >= 11 is 5.76. The molecule has 1 fully saturated rings. The molecule has 0 bridgehead atoms. The molecule has 3 nitrogen and oxygen atoms in total. The van der Waals surface area contributed by atoms with Crippen molar-refractivity contribution in [3.05, 3.63) is 22.8 Å². The third-order valence-corrected chi connectivity index (χ3v) is 2.74. The highest BCUT2D eigenvalue weighted by atomic mass is 35.5. The molecular formula is C10H13ClN2O. The maximum Gasteiger partial charge on any atom is 0.217 e. The van der Waals surface area contributed by atoms with E-state index in [9.17, 15) is 0 Å². The maximum absolute atomic E-state index is 6.02. The summed E-state index contributed by atoms with van der Waals surface area (Å²) in [6.45, 7) is 0. The molecule has 0 atom stereocenters. The Morgan fingerprint density at radius 3 is 2.86 bits per heavy atom. The molecule has 1 aromatic heterocycles. The van der Waals surface area contributed by atoms with Crippen LogP contribution < -0.4 is 10.5 Å². The minimum absolute atomic E-state index is 0.0250. The maximum atomic E-state index is 6.02. The number of pyridine rings is 1. The Labute approximate surface area is 88.2 Å².